The summed E-state index contributed by atoms with van der Waals surface area (Å²) in [6, 6.07) is 3.73. The lowest BCUT2D eigenvalue weighted by atomic mass is 10.1. The van der Waals surface area contributed by atoms with Gasteiger partial charge in [0, 0.05) is 30.7 Å². The van der Waals surface area contributed by atoms with E-state index in [4.69, 9.17) is 27.6 Å². The van der Waals surface area contributed by atoms with Gasteiger partial charge in [-0.05, 0) is 78.1 Å². The first-order valence-electron chi connectivity index (χ1n) is 11.5. The maximum atomic E-state index is 13.8. The maximum Gasteiger partial charge on any atom is 0.407 e. The van der Waals surface area contributed by atoms with Crippen molar-refractivity contribution in [2.75, 3.05) is 13.1 Å². The van der Waals surface area contributed by atoms with Gasteiger partial charge in [-0.2, -0.15) is 0 Å². The van der Waals surface area contributed by atoms with Crippen LogP contribution in [0.1, 0.15) is 59.9 Å². The number of carbonyl (C=O) groups is 2. The van der Waals surface area contributed by atoms with E-state index in [9.17, 15) is 14.0 Å². The standard InChI is InChI=1S/C25H34ClFN4O4/c1-24(2,3)34-22(32)20(28-7)21(29-14-16-13-17(27)10-11-19(16)26)31-12-8-9-18(15-31)30-23(33)35-25(4,5)6/h10-11,13,18,29H,8-9,12,14-15H2,1-6H3,(H,30,33)/b21-20+/t18-/m0/s1. The molecule has 0 radical (unpaired) electrons. The van der Waals surface area contributed by atoms with E-state index in [1.165, 1.54) is 18.2 Å². The summed E-state index contributed by atoms with van der Waals surface area (Å²) in [7, 11) is 0. The SMILES string of the molecule is [C-]#[N+]/C(C(=O)OC(C)(C)C)=C(\NCc1cc(F)ccc1Cl)N1CCC[C@H](NC(=O)OC(C)(C)C)C1. The number of nitrogens with zero attached hydrogens (tertiary/aromatic N) is 2. The van der Waals surface area contributed by atoms with Crippen molar-refractivity contribution in [3.05, 3.63) is 57.5 Å². The smallest absolute Gasteiger partial charge is 0.407 e. The molecule has 2 rings (SSSR count). The molecule has 10 heteroatoms. The Balaban J connectivity index is 2.33. The van der Waals surface area contributed by atoms with Crippen molar-refractivity contribution in [1.29, 1.82) is 0 Å². The van der Waals surface area contributed by atoms with Gasteiger partial charge in [0.2, 0.25) is 0 Å². The highest BCUT2D eigenvalue weighted by Crippen LogP contribution is 2.23. The lowest BCUT2D eigenvalue weighted by molar-refractivity contribution is -0.149. The van der Waals surface area contributed by atoms with Crippen LogP contribution in [0.5, 0.6) is 0 Å². The second-order valence-electron chi connectivity index (χ2n) is 10.3. The molecule has 1 amide bonds. The van der Waals surface area contributed by atoms with Gasteiger partial charge in [-0.1, -0.05) is 11.6 Å². The Morgan fingerprint density at radius 3 is 2.46 bits per heavy atom. The minimum absolute atomic E-state index is 0.0778. The van der Waals surface area contributed by atoms with Crippen LogP contribution in [-0.4, -0.2) is 47.3 Å². The molecule has 8 nitrogen and oxygen atoms in total. The van der Waals surface area contributed by atoms with Gasteiger partial charge in [-0.25, -0.2) is 14.0 Å². The van der Waals surface area contributed by atoms with Gasteiger partial charge in [0.1, 0.15) is 22.8 Å². The number of benzene rings is 1. The molecule has 0 saturated carbocycles. The zero-order valence-corrected chi connectivity index (χ0v) is 21.9. The molecule has 1 atom stereocenters. The molecule has 0 bridgehead atoms. The molecular formula is C25H34ClFN4O4. The van der Waals surface area contributed by atoms with Crippen LogP contribution >= 0.6 is 11.6 Å². The van der Waals surface area contributed by atoms with Crippen molar-refractivity contribution < 1.29 is 23.5 Å². The molecule has 1 aromatic carbocycles. The van der Waals surface area contributed by atoms with Gasteiger partial charge in [-0.15, -0.1) is 0 Å². The molecule has 1 heterocycles. The third-order valence-corrected chi connectivity index (χ3v) is 5.21. The summed E-state index contributed by atoms with van der Waals surface area (Å²) in [4.78, 5) is 30.5. The lowest BCUT2D eigenvalue weighted by Crippen LogP contribution is -2.50. The fraction of sp³-hybridized carbons (Fsp3) is 0.560. The summed E-state index contributed by atoms with van der Waals surface area (Å²) in [6.45, 7) is 19.1. The molecule has 1 fully saturated rings. The van der Waals surface area contributed by atoms with Crippen molar-refractivity contribution in [2.45, 2.75) is 78.2 Å². The van der Waals surface area contributed by atoms with E-state index in [1.54, 1.807) is 41.5 Å². The van der Waals surface area contributed by atoms with E-state index in [0.717, 1.165) is 0 Å². The monoisotopic (exact) mass is 508 g/mol. The quantitative estimate of drug-likeness (QED) is 0.320. The molecule has 1 saturated heterocycles. The topological polar surface area (TPSA) is 84.3 Å². The number of ether oxygens (including phenoxy) is 2. The first-order chi connectivity index (χ1) is 16.2. The Kier molecular flexibility index (Phi) is 9.38. The predicted octanol–water partition coefficient (Wildman–Crippen LogP) is 4.99. The molecule has 0 unspecified atom stereocenters. The van der Waals surface area contributed by atoms with Gasteiger partial charge in [0.15, 0.2) is 0 Å². The van der Waals surface area contributed by atoms with E-state index in [2.05, 4.69) is 15.5 Å². The number of rotatable bonds is 6. The van der Waals surface area contributed by atoms with Gasteiger partial charge >= 0.3 is 17.8 Å². The first-order valence-corrected chi connectivity index (χ1v) is 11.8. The van der Waals surface area contributed by atoms with Gasteiger partial charge in [-0.3, -0.25) is 4.79 Å². The van der Waals surface area contributed by atoms with Gasteiger partial charge in [0.05, 0.1) is 6.57 Å². The molecule has 192 valence electrons. The third kappa shape index (κ3) is 9.29. The number of nitrogens with one attached hydrogen (secondary N) is 2. The molecule has 1 aliphatic heterocycles. The van der Waals surface area contributed by atoms with Crippen LogP contribution in [0.15, 0.2) is 29.7 Å². The lowest BCUT2D eigenvalue weighted by Gasteiger charge is -2.37. The second kappa shape index (κ2) is 11.6. The van der Waals surface area contributed by atoms with Crippen molar-refractivity contribution >= 4 is 23.7 Å². The Morgan fingerprint density at radius 2 is 1.86 bits per heavy atom. The average molecular weight is 509 g/mol. The Hall–Kier alpha value is -2.99. The van der Waals surface area contributed by atoms with E-state index in [0.29, 0.717) is 36.5 Å². The number of halogens is 2. The number of piperidine rings is 1. The van der Waals surface area contributed by atoms with Crippen LogP contribution in [-0.2, 0) is 20.8 Å². The zero-order chi connectivity index (χ0) is 26.4. The van der Waals surface area contributed by atoms with E-state index < -0.39 is 29.1 Å². The number of amides is 1. The average Bonchev–Trinajstić information content (AvgIpc) is 2.70. The highest BCUT2D eigenvalue weighted by Gasteiger charge is 2.30. The summed E-state index contributed by atoms with van der Waals surface area (Å²) in [5, 5.41) is 6.31. The van der Waals surface area contributed by atoms with Crippen molar-refractivity contribution in [3.63, 3.8) is 0 Å². The molecule has 35 heavy (non-hydrogen) atoms. The van der Waals surface area contributed by atoms with Crippen LogP contribution in [0.3, 0.4) is 0 Å². The molecule has 2 N–H and O–H groups in total. The normalized spacial score (nSPS) is 17.1. The minimum atomic E-state index is -0.799. The van der Waals surface area contributed by atoms with Crippen molar-refractivity contribution in [2.24, 2.45) is 0 Å². The molecule has 0 spiro atoms. The first kappa shape index (κ1) is 28.2. The van der Waals surface area contributed by atoms with Crippen molar-refractivity contribution in [1.82, 2.24) is 15.5 Å². The fourth-order valence-corrected chi connectivity index (χ4v) is 3.68. The summed E-state index contributed by atoms with van der Waals surface area (Å²) in [5.74, 6) is -0.985. The zero-order valence-electron chi connectivity index (χ0n) is 21.1. The van der Waals surface area contributed by atoms with Crippen LogP contribution in [0.2, 0.25) is 5.02 Å². The Labute approximate surface area is 211 Å². The molecule has 0 aromatic heterocycles. The van der Waals surface area contributed by atoms with Crippen molar-refractivity contribution in [3.8, 4) is 0 Å². The molecule has 1 aromatic rings. The predicted molar refractivity (Wildman–Crippen MR) is 132 cm³/mol. The van der Waals surface area contributed by atoms with E-state index in [1.807, 2.05) is 4.90 Å². The van der Waals surface area contributed by atoms with E-state index in [-0.39, 0.29) is 24.1 Å². The fourth-order valence-electron chi connectivity index (χ4n) is 3.50. The van der Waals surface area contributed by atoms with Crippen LogP contribution in [0, 0.1) is 12.4 Å². The molecular weight excluding hydrogens is 475 g/mol. The summed E-state index contributed by atoms with van der Waals surface area (Å²) in [5.41, 5.74) is -1.20. The Morgan fingerprint density at radius 1 is 1.20 bits per heavy atom. The van der Waals surface area contributed by atoms with Gasteiger partial charge in [0.25, 0.3) is 0 Å². The second-order valence-corrected chi connectivity index (χ2v) is 10.7. The Bertz CT molecular complexity index is 1010. The number of likely N-dealkylation sites (tertiary alicyclic amines) is 1. The largest absolute Gasteiger partial charge is 0.465 e. The summed E-state index contributed by atoms with van der Waals surface area (Å²) in [6.07, 6.45) is 0.872. The number of esters is 1. The van der Waals surface area contributed by atoms with Crippen LogP contribution < -0.4 is 10.6 Å². The number of carbonyl (C=O) groups excluding carboxylic acids is 2. The number of alkyl carbamates (subject to hydrolysis) is 1. The summed E-state index contributed by atoms with van der Waals surface area (Å²) >= 11 is 6.21. The maximum absolute atomic E-state index is 13.8. The third-order valence-electron chi connectivity index (χ3n) is 4.84. The highest BCUT2D eigenvalue weighted by atomic mass is 35.5. The van der Waals surface area contributed by atoms with E-state index >= 15 is 0 Å². The number of hydrogen-bond donors (Lipinski definition) is 2. The number of hydrogen-bond acceptors (Lipinski definition) is 6. The van der Waals surface area contributed by atoms with Gasteiger partial charge < -0.3 is 25.0 Å². The molecule has 1 aliphatic rings. The minimum Gasteiger partial charge on any atom is -0.465 e. The highest BCUT2D eigenvalue weighted by molar-refractivity contribution is 6.31. The van der Waals surface area contributed by atoms with Crippen LogP contribution in [0.4, 0.5) is 9.18 Å². The molecule has 0 aliphatic carbocycles. The summed E-state index contributed by atoms with van der Waals surface area (Å²) < 4.78 is 24.6. The van der Waals surface area contributed by atoms with Crippen LogP contribution in [0.25, 0.3) is 4.85 Å².